The first-order valence-corrected chi connectivity index (χ1v) is 10.7. The Bertz CT molecular complexity index is 884. The van der Waals surface area contributed by atoms with Gasteiger partial charge in [0.15, 0.2) is 27.3 Å². The van der Waals surface area contributed by atoms with Crippen LogP contribution in [0.2, 0.25) is 0 Å². The highest BCUT2D eigenvalue weighted by molar-refractivity contribution is 7.91. The standard InChI is InChI=1S/C20H27N3O4S/c1-4-21-20(23-16-11-12-18(26-2)19(15-16)27-3)22-13-8-14-28(24,25)17-9-6-5-7-10-17/h5-7,9-12,15H,4,8,13-14H2,1-3H3,(H2,21,22,23). The minimum atomic E-state index is -3.29. The lowest BCUT2D eigenvalue weighted by atomic mass is 10.3. The third-order valence-electron chi connectivity index (χ3n) is 3.93. The first kappa shape index (κ1) is 21.6. The van der Waals surface area contributed by atoms with Crippen molar-refractivity contribution in [2.45, 2.75) is 18.2 Å². The van der Waals surface area contributed by atoms with Crippen LogP contribution < -0.4 is 20.1 Å². The summed E-state index contributed by atoms with van der Waals surface area (Å²) in [5.74, 6) is 1.88. The summed E-state index contributed by atoms with van der Waals surface area (Å²) in [5.41, 5.74) is 0.786. The van der Waals surface area contributed by atoms with E-state index in [-0.39, 0.29) is 5.75 Å². The van der Waals surface area contributed by atoms with Gasteiger partial charge in [-0.2, -0.15) is 0 Å². The monoisotopic (exact) mass is 405 g/mol. The van der Waals surface area contributed by atoms with Gasteiger partial charge in [-0.15, -0.1) is 0 Å². The van der Waals surface area contributed by atoms with Gasteiger partial charge in [0.05, 0.1) is 24.9 Å². The van der Waals surface area contributed by atoms with Gasteiger partial charge in [0.2, 0.25) is 0 Å². The zero-order valence-corrected chi connectivity index (χ0v) is 17.3. The third-order valence-corrected chi connectivity index (χ3v) is 5.75. The molecule has 2 rings (SSSR count). The van der Waals surface area contributed by atoms with E-state index in [2.05, 4.69) is 15.6 Å². The van der Waals surface area contributed by atoms with Gasteiger partial charge in [-0.05, 0) is 37.6 Å². The number of aliphatic imine (C=N–C) groups is 1. The lowest BCUT2D eigenvalue weighted by molar-refractivity contribution is 0.355. The largest absolute Gasteiger partial charge is 0.493 e. The molecule has 0 unspecified atom stereocenters. The molecule has 0 aromatic heterocycles. The van der Waals surface area contributed by atoms with Crippen molar-refractivity contribution in [3.8, 4) is 11.5 Å². The zero-order chi connectivity index (χ0) is 20.4. The molecule has 0 radical (unpaired) electrons. The lowest BCUT2D eigenvalue weighted by Gasteiger charge is -2.14. The molecule has 2 aromatic rings. The minimum absolute atomic E-state index is 0.0519. The van der Waals surface area contributed by atoms with E-state index in [0.29, 0.717) is 41.9 Å². The number of ether oxygens (including phenoxy) is 2. The Morgan fingerprint density at radius 1 is 1.04 bits per heavy atom. The molecule has 2 aromatic carbocycles. The van der Waals surface area contributed by atoms with E-state index in [1.54, 1.807) is 50.6 Å². The second-order valence-corrected chi connectivity index (χ2v) is 8.05. The molecule has 0 saturated heterocycles. The van der Waals surface area contributed by atoms with Crippen molar-refractivity contribution in [3.63, 3.8) is 0 Å². The Morgan fingerprint density at radius 2 is 1.75 bits per heavy atom. The van der Waals surface area contributed by atoms with Crippen molar-refractivity contribution in [2.75, 3.05) is 38.4 Å². The molecular weight excluding hydrogens is 378 g/mol. The number of rotatable bonds is 9. The van der Waals surface area contributed by atoms with Crippen LogP contribution in [0.25, 0.3) is 0 Å². The highest BCUT2D eigenvalue weighted by Crippen LogP contribution is 2.29. The summed E-state index contributed by atoms with van der Waals surface area (Å²) >= 11 is 0. The second kappa shape index (κ2) is 10.6. The van der Waals surface area contributed by atoms with Crippen LogP contribution in [0.15, 0.2) is 58.4 Å². The quantitative estimate of drug-likeness (QED) is 0.379. The highest BCUT2D eigenvalue weighted by Gasteiger charge is 2.13. The van der Waals surface area contributed by atoms with Crippen molar-refractivity contribution in [1.82, 2.24) is 5.32 Å². The van der Waals surface area contributed by atoms with Crippen molar-refractivity contribution in [2.24, 2.45) is 4.99 Å². The molecule has 0 aliphatic heterocycles. The first-order chi connectivity index (χ1) is 13.5. The Hall–Kier alpha value is -2.74. The molecule has 0 heterocycles. The normalized spacial score (nSPS) is 11.8. The summed E-state index contributed by atoms with van der Waals surface area (Å²) in [7, 11) is -0.126. The summed E-state index contributed by atoms with van der Waals surface area (Å²) in [6, 6.07) is 13.9. The molecule has 0 amide bonds. The molecule has 28 heavy (non-hydrogen) atoms. The molecule has 0 aliphatic carbocycles. The number of benzene rings is 2. The number of guanidine groups is 1. The number of methoxy groups -OCH3 is 2. The number of hydrogen-bond donors (Lipinski definition) is 2. The van der Waals surface area contributed by atoms with Gasteiger partial charge in [-0.1, -0.05) is 18.2 Å². The Balaban J connectivity index is 1.99. The number of anilines is 1. The van der Waals surface area contributed by atoms with E-state index in [1.165, 1.54) is 0 Å². The van der Waals surface area contributed by atoms with E-state index < -0.39 is 9.84 Å². The molecule has 7 nitrogen and oxygen atoms in total. The van der Waals surface area contributed by atoms with Crippen LogP contribution in [0.5, 0.6) is 11.5 Å². The van der Waals surface area contributed by atoms with E-state index in [4.69, 9.17) is 9.47 Å². The van der Waals surface area contributed by atoms with Crippen molar-refractivity contribution < 1.29 is 17.9 Å². The van der Waals surface area contributed by atoms with Crippen LogP contribution in [-0.2, 0) is 9.84 Å². The van der Waals surface area contributed by atoms with Crippen molar-refractivity contribution in [1.29, 1.82) is 0 Å². The topological polar surface area (TPSA) is 89.0 Å². The zero-order valence-electron chi connectivity index (χ0n) is 16.4. The third kappa shape index (κ3) is 6.16. The molecule has 0 aliphatic rings. The van der Waals surface area contributed by atoms with Crippen LogP contribution in [0.4, 0.5) is 5.69 Å². The SMILES string of the molecule is CCNC(=NCCCS(=O)(=O)c1ccccc1)Nc1ccc(OC)c(OC)c1. The molecule has 0 atom stereocenters. The molecule has 0 fully saturated rings. The molecule has 152 valence electrons. The maximum atomic E-state index is 12.3. The van der Waals surface area contributed by atoms with Gasteiger partial charge in [-0.3, -0.25) is 4.99 Å². The Kier molecular flexibility index (Phi) is 8.13. The summed E-state index contributed by atoms with van der Waals surface area (Å²) in [6.07, 6.45) is 0.430. The lowest BCUT2D eigenvalue weighted by Crippen LogP contribution is -2.30. The van der Waals surface area contributed by atoms with E-state index >= 15 is 0 Å². The number of sulfone groups is 1. The number of nitrogens with one attached hydrogen (secondary N) is 2. The molecule has 0 saturated carbocycles. The molecule has 8 heteroatoms. The fourth-order valence-corrected chi connectivity index (χ4v) is 3.87. The Morgan fingerprint density at radius 3 is 2.39 bits per heavy atom. The van der Waals surface area contributed by atoms with Gasteiger partial charge in [0, 0.05) is 24.8 Å². The first-order valence-electron chi connectivity index (χ1n) is 9.05. The van der Waals surface area contributed by atoms with Gasteiger partial charge in [0.1, 0.15) is 0 Å². The fraction of sp³-hybridized carbons (Fsp3) is 0.350. The number of hydrogen-bond acceptors (Lipinski definition) is 5. The predicted molar refractivity (Wildman–Crippen MR) is 112 cm³/mol. The molecule has 2 N–H and O–H groups in total. The van der Waals surface area contributed by atoms with E-state index in [9.17, 15) is 8.42 Å². The van der Waals surface area contributed by atoms with Crippen LogP contribution in [-0.4, -0.2) is 47.4 Å². The highest BCUT2D eigenvalue weighted by atomic mass is 32.2. The number of nitrogens with zero attached hydrogens (tertiary/aromatic N) is 1. The van der Waals surface area contributed by atoms with Crippen molar-refractivity contribution in [3.05, 3.63) is 48.5 Å². The maximum Gasteiger partial charge on any atom is 0.195 e. The molecular formula is C20H27N3O4S. The predicted octanol–water partition coefficient (Wildman–Crippen LogP) is 2.95. The van der Waals surface area contributed by atoms with Gasteiger partial charge in [0.25, 0.3) is 0 Å². The van der Waals surface area contributed by atoms with Gasteiger partial charge in [-0.25, -0.2) is 8.42 Å². The molecule has 0 bridgehead atoms. The van der Waals surface area contributed by atoms with Crippen LogP contribution in [0.3, 0.4) is 0 Å². The summed E-state index contributed by atoms with van der Waals surface area (Å²) in [6.45, 7) is 3.03. The summed E-state index contributed by atoms with van der Waals surface area (Å²) < 4.78 is 35.2. The smallest absolute Gasteiger partial charge is 0.195 e. The van der Waals surface area contributed by atoms with E-state index in [0.717, 1.165) is 5.69 Å². The Labute approximate surface area is 166 Å². The van der Waals surface area contributed by atoms with Gasteiger partial charge >= 0.3 is 0 Å². The minimum Gasteiger partial charge on any atom is -0.493 e. The van der Waals surface area contributed by atoms with E-state index in [1.807, 2.05) is 19.1 Å². The summed E-state index contributed by atoms with van der Waals surface area (Å²) in [5, 5.41) is 6.33. The summed E-state index contributed by atoms with van der Waals surface area (Å²) in [4.78, 5) is 4.80. The maximum absolute atomic E-state index is 12.3. The average molecular weight is 406 g/mol. The van der Waals surface area contributed by atoms with Crippen molar-refractivity contribution >= 4 is 21.5 Å². The second-order valence-electron chi connectivity index (χ2n) is 5.94. The van der Waals surface area contributed by atoms with Crippen LogP contribution in [0.1, 0.15) is 13.3 Å². The van der Waals surface area contributed by atoms with Crippen LogP contribution in [0, 0.1) is 0 Å². The van der Waals surface area contributed by atoms with Crippen LogP contribution >= 0.6 is 0 Å². The van der Waals surface area contributed by atoms with Gasteiger partial charge < -0.3 is 20.1 Å². The molecule has 0 spiro atoms. The average Bonchev–Trinajstić information content (AvgIpc) is 2.71. The fourth-order valence-electron chi connectivity index (χ4n) is 2.55.